The summed E-state index contributed by atoms with van der Waals surface area (Å²) in [6.45, 7) is 3.78. The third-order valence-electron chi connectivity index (χ3n) is 5.09. The number of hydrogen-bond acceptors (Lipinski definition) is 3. The molecule has 0 radical (unpaired) electrons. The molecule has 17 heavy (non-hydrogen) atoms. The van der Waals surface area contributed by atoms with Crippen LogP contribution in [0.4, 0.5) is 0 Å². The summed E-state index contributed by atoms with van der Waals surface area (Å²) < 4.78 is 4.89. The van der Waals surface area contributed by atoms with Gasteiger partial charge in [-0.3, -0.25) is 9.59 Å². The largest absolute Gasteiger partial charge is 0.468 e. The van der Waals surface area contributed by atoms with Crippen molar-refractivity contribution in [3.05, 3.63) is 0 Å². The van der Waals surface area contributed by atoms with Crippen LogP contribution < -0.4 is 0 Å². The minimum Gasteiger partial charge on any atom is -0.468 e. The Kier molecular flexibility index (Phi) is 3.04. The number of rotatable bonds is 2. The molecule has 96 valence electrons. The van der Waals surface area contributed by atoms with E-state index in [0.717, 1.165) is 12.8 Å². The highest BCUT2D eigenvalue weighted by atomic mass is 16.5. The third-order valence-corrected chi connectivity index (χ3v) is 5.09. The Balaban J connectivity index is 2.32. The molecule has 0 aromatic carbocycles. The fraction of sp³-hybridized carbons (Fsp3) is 0.857. The molecule has 3 heteroatoms. The molecule has 2 saturated carbocycles. The van der Waals surface area contributed by atoms with E-state index in [9.17, 15) is 9.59 Å². The van der Waals surface area contributed by atoms with Crippen LogP contribution in [-0.4, -0.2) is 18.9 Å². The number of Topliss-reactive ketones (excluding diaryl/α,β-unsaturated/α-hetero) is 1. The van der Waals surface area contributed by atoms with Crippen LogP contribution in [0.15, 0.2) is 0 Å². The Bertz CT molecular complexity index is 349. The molecule has 3 nitrogen and oxygen atoms in total. The van der Waals surface area contributed by atoms with Gasteiger partial charge in [0.05, 0.1) is 7.11 Å². The van der Waals surface area contributed by atoms with E-state index < -0.39 is 5.41 Å². The van der Waals surface area contributed by atoms with Crippen LogP contribution in [0.2, 0.25) is 0 Å². The quantitative estimate of drug-likeness (QED) is 0.549. The number of esters is 1. The number of ether oxygens (including phenoxy) is 1. The van der Waals surface area contributed by atoms with Gasteiger partial charge >= 0.3 is 5.97 Å². The van der Waals surface area contributed by atoms with Gasteiger partial charge in [0.1, 0.15) is 11.2 Å². The Labute approximate surface area is 103 Å². The second kappa shape index (κ2) is 4.11. The molecule has 0 aromatic rings. The second-order valence-corrected chi connectivity index (χ2v) is 6.11. The molecule has 0 heterocycles. The van der Waals surface area contributed by atoms with Crippen molar-refractivity contribution in [2.24, 2.45) is 16.7 Å². The van der Waals surface area contributed by atoms with Gasteiger partial charge in [-0.15, -0.1) is 0 Å². The number of hydrogen-bond donors (Lipinski definition) is 0. The zero-order valence-corrected chi connectivity index (χ0v) is 11.0. The summed E-state index contributed by atoms with van der Waals surface area (Å²) in [5.41, 5.74) is -0.684. The Morgan fingerprint density at radius 3 is 2.53 bits per heavy atom. The van der Waals surface area contributed by atoms with Crippen LogP contribution >= 0.6 is 0 Å². The van der Waals surface area contributed by atoms with E-state index in [-0.39, 0.29) is 17.2 Å². The lowest BCUT2D eigenvalue weighted by molar-refractivity contribution is -0.157. The van der Waals surface area contributed by atoms with Crippen molar-refractivity contribution in [3.8, 4) is 0 Å². The maximum absolute atomic E-state index is 12.0. The molecular weight excluding hydrogens is 216 g/mol. The highest BCUT2D eigenvalue weighted by Crippen LogP contribution is 2.59. The lowest BCUT2D eigenvalue weighted by Gasteiger charge is -2.36. The van der Waals surface area contributed by atoms with E-state index in [4.69, 9.17) is 4.74 Å². The van der Waals surface area contributed by atoms with E-state index in [1.54, 1.807) is 0 Å². The van der Waals surface area contributed by atoms with Crippen LogP contribution in [0.25, 0.3) is 0 Å². The lowest BCUT2D eigenvalue weighted by Crippen LogP contribution is -2.37. The highest BCUT2D eigenvalue weighted by Gasteiger charge is 2.59. The van der Waals surface area contributed by atoms with Crippen LogP contribution in [0.3, 0.4) is 0 Å². The van der Waals surface area contributed by atoms with Crippen molar-refractivity contribution in [2.75, 3.05) is 7.11 Å². The molecule has 0 aliphatic heterocycles. The van der Waals surface area contributed by atoms with E-state index in [0.29, 0.717) is 18.8 Å². The maximum atomic E-state index is 12.0. The van der Waals surface area contributed by atoms with Gasteiger partial charge in [0.2, 0.25) is 0 Å². The van der Waals surface area contributed by atoms with Gasteiger partial charge < -0.3 is 4.74 Å². The molecule has 0 saturated heterocycles. The first-order valence-corrected chi connectivity index (χ1v) is 6.54. The van der Waals surface area contributed by atoms with Crippen LogP contribution in [0.5, 0.6) is 0 Å². The number of methoxy groups -OCH3 is 1. The van der Waals surface area contributed by atoms with E-state index in [1.807, 2.05) is 0 Å². The molecule has 2 fully saturated rings. The van der Waals surface area contributed by atoms with Gasteiger partial charge in [-0.25, -0.2) is 0 Å². The lowest BCUT2D eigenvalue weighted by atomic mass is 9.69. The van der Waals surface area contributed by atoms with Crippen LogP contribution in [0.1, 0.15) is 52.4 Å². The summed E-state index contributed by atoms with van der Waals surface area (Å²) >= 11 is 0. The van der Waals surface area contributed by atoms with Crippen molar-refractivity contribution in [3.63, 3.8) is 0 Å². The van der Waals surface area contributed by atoms with Gasteiger partial charge in [0.15, 0.2) is 0 Å². The molecule has 2 rings (SSSR count). The zero-order chi connectivity index (χ0) is 12.7. The first-order chi connectivity index (χ1) is 7.94. The highest BCUT2D eigenvalue weighted by molar-refractivity contribution is 6.03. The second-order valence-electron chi connectivity index (χ2n) is 6.11. The summed E-state index contributed by atoms with van der Waals surface area (Å²) in [6.07, 6.45) is 6.14. The summed E-state index contributed by atoms with van der Waals surface area (Å²) in [5, 5.41) is 0. The molecule has 0 amide bonds. The standard InChI is InChI=1S/C14H22O3/c1-10(15)14(12(16)17-3)8-11-6-4-5-7-13(11,2)9-14/h11H,4-9H2,1-3H3/t11-,13+,14-/m0/s1. The number of fused-ring (bicyclic) bond motifs is 1. The average Bonchev–Trinajstić information content (AvgIpc) is 2.62. The Morgan fingerprint density at radius 1 is 1.29 bits per heavy atom. The molecule has 2 aliphatic carbocycles. The number of carbonyl (C=O) groups is 2. The SMILES string of the molecule is COC(=O)[C@@]1(C(C)=O)C[C@@H]2CCCC[C@]2(C)C1. The van der Waals surface area contributed by atoms with Crippen molar-refractivity contribution < 1.29 is 14.3 Å². The van der Waals surface area contributed by atoms with Gasteiger partial charge in [0.25, 0.3) is 0 Å². The molecule has 0 aromatic heterocycles. The van der Waals surface area contributed by atoms with Gasteiger partial charge in [-0.05, 0) is 43.9 Å². The fourth-order valence-corrected chi connectivity index (χ4v) is 4.00. The van der Waals surface area contributed by atoms with Crippen molar-refractivity contribution in [1.29, 1.82) is 0 Å². The number of ketones is 1. The minimum absolute atomic E-state index is 0.0139. The van der Waals surface area contributed by atoms with E-state index >= 15 is 0 Å². The smallest absolute Gasteiger partial charge is 0.319 e. The Morgan fingerprint density at radius 2 is 2.00 bits per heavy atom. The summed E-state index contributed by atoms with van der Waals surface area (Å²) in [5.74, 6) is 0.180. The van der Waals surface area contributed by atoms with Gasteiger partial charge in [-0.1, -0.05) is 19.8 Å². The molecule has 2 aliphatic rings. The zero-order valence-electron chi connectivity index (χ0n) is 11.0. The third kappa shape index (κ3) is 1.80. The summed E-state index contributed by atoms with van der Waals surface area (Å²) in [6, 6.07) is 0. The van der Waals surface area contributed by atoms with Crippen molar-refractivity contribution in [2.45, 2.75) is 52.4 Å². The topological polar surface area (TPSA) is 43.4 Å². The van der Waals surface area contributed by atoms with E-state index in [1.165, 1.54) is 26.9 Å². The van der Waals surface area contributed by atoms with Crippen molar-refractivity contribution >= 4 is 11.8 Å². The molecular formula is C14H22O3. The van der Waals surface area contributed by atoms with Crippen LogP contribution in [0, 0.1) is 16.7 Å². The van der Waals surface area contributed by atoms with Gasteiger partial charge in [0, 0.05) is 0 Å². The van der Waals surface area contributed by atoms with Gasteiger partial charge in [-0.2, -0.15) is 0 Å². The Hall–Kier alpha value is -0.860. The van der Waals surface area contributed by atoms with Crippen molar-refractivity contribution in [1.82, 2.24) is 0 Å². The molecule has 0 spiro atoms. The average molecular weight is 238 g/mol. The van der Waals surface area contributed by atoms with E-state index in [2.05, 4.69) is 6.92 Å². The summed E-state index contributed by atoms with van der Waals surface area (Å²) in [7, 11) is 1.39. The molecule has 0 bridgehead atoms. The number of carbonyl (C=O) groups excluding carboxylic acids is 2. The summed E-state index contributed by atoms with van der Waals surface area (Å²) in [4.78, 5) is 24.0. The first-order valence-electron chi connectivity index (χ1n) is 6.54. The fourth-order valence-electron chi connectivity index (χ4n) is 4.00. The molecule has 0 unspecified atom stereocenters. The minimum atomic E-state index is -0.849. The molecule has 0 N–H and O–H groups in total. The predicted molar refractivity (Wildman–Crippen MR) is 64.4 cm³/mol. The monoisotopic (exact) mass is 238 g/mol. The van der Waals surface area contributed by atoms with Crippen LogP contribution in [-0.2, 0) is 14.3 Å². The first kappa shape index (κ1) is 12.6. The normalized spacial score (nSPS) is 40.8. The molecule has 3 atom stereocenters. The predicted octanol–water partition coefficient (Wildman–Crippen LogP) is 2.73. The maximum Gasteiger partial charge on any atom is 0.319 e.